The summed E-state index contributed by atoms with van der Waals surface area (Å²) in [6.45, 7) is 9.93. The van der Waals surface area contributed by atoms with Crippen molar-refractivity contribution in [3.63, 3.8) is 0 Å². The van der Waals surface area contributed by atoms with Gasteiger partial charge in [0.1, 0.15) is 0 Å². The molecule has 0 amide bonds. The summed E-state index contributed by atoms with van der Waals surface area (Å²) in [5, 5.41) is 0. The lowest BCUT2D eigenvalue weighted by atomic mass is 10.1. The van der Waals surface area contributed by atoms with E-state index in [4.69, 9.17) is 0 Å². The normalized spacial score (nSPS) is 26.8. The third-order valence-electron chi connectivity index (χ3n) is 4.02. The van der Waals surface area contributed by atoms with Crippen LogP contribution in [-0.2, 0) is 0 Å². The average molecular weight is 210 g/mol. The fraction of sp³-hybridized carbons (Fsp3) is 1.00. The summed E-state index contributed by atoms with van der Waals surface area (Å²) < 4.78 is 0. The van der Waals surface area contributed by atoms with Crippen LogP contribution in [0.25, 0.3) is 0 Å². The Morgan fingerprint density at radius 1 is 1.07 bits per heavy atom. The Bertz CT molecular complexity index is 181. The monoisotopic (exact) mass is 210 g/mol. The molecule has 1 aliphatic heterocycles. The molecule has 0 radical (unpaired) electrons. The number of hydrogen-bond acceptors (Lipinski definition) is 2. The van der Waals surface area contributed by atoms with Gasteiger partial charge in [-0.15, -0.1) is 0 Å². The standard InChI is InChI=1S/C13H26N2/c1-3-5-12(4-2)14-8-10-15(11-9-14)13-6-7-13/h12-13H,3-11H2,1-2H3/t12-/m1/s1. The minimum absolute atomic E-state index is 0.858. The highest BCUT2D eigenvalue weighted by Crippen LogP contribution is 2.28. The molecule has 88 valence electrons. The molecule has 2 nitrogen and oxygen atoms in total. The van der Waals surface area contributed by atoms with Gasteiger partial charge in [0.05, 0.1) is 0 Å². The van der Waals surface area contributed by atoms with E-state index in [1.807, 2.05) is 0 Å². The number of piperazine rings is 1. The quantitative estimate of drug-likeness (QED) is 0.687. The SMILES string of the molecule is CCC[C@@H](CC)N1CCN(C2CC2)CC1. The Hall–Kier alpha value is -0.0800. The summed E-state index contributed by atoms with van der Waals surface area (Å²) in [7, 11) is 0. The van der Waals surface area contributed by atoms with Crippen LogP contribution >= 0.6 is 0 Å². The lowest BCUT2D eigenvalue weighted by molar-refractivity contribution is 0.0855. The molecule has 2 fully saturated rings. The van der Waals surface area contributed by atoms with Crippen molar-refractivity contribution in [2.45, 2.75) is 58.0 Å². The van der Waals surface area contributed by atoms with Crippen molar-refractivity contribution in [3.8, 4) is 0 Å². The second-order valence-corrected chi connectivity index (χ2v) is 5.15. The fourth-order valence-electron chi connectivity index (χ4n) is 2.89. The van der Waals surface area contributed by atoms with Gasteiger partial charge in [-0.05, 0) is 25.7 Å². The highest BCUT2D eigenvalue weighted by molar-refractivity contribution is 4.88. The summed E-state index contributed by atoms with van der Waals surface area (Å²) in [4.78, 5) is 5.43. The lowest BCUT2D eigenvalue weighted by Gasteiger charge is -2.39. The molecule has 2 rings (SSSR count). The van der Waals surface area contributed by atoms with Crippen LogP contribution in [-0.4, -0.2) is 48.1 Å². The number of rotatable bonds is 5. The van der Waals surface area contributed by atoms with Gasteiger partial charge in [-0.3, -0.25) is 9.80 Å². The van der Waals surface area contributed by atoms with Crippen molar-refractivity contribution in [3.05, 3.63) is 0 Å². The van der Waals surface area contributed by atoms with Gasteiger partial charge in [0.15, 0.2) is 0 Å². The largest absolute Gasteiger partial charge is 0.298 e. The minimum atomic E-state index is 0.858. The molecule has 0 aromatic carbocycles. The molecule has 1 saturated carbocycles. The predicted octanol–water partition coefficient (Wildman–Crippen LogP) is 2.35. The summed E-state index contributed by atoms with van der Waals surface area (Å²) >= 11 is 0. The van der Waals surface area contributed by atoms with Crippen LogP contribution in [0.1, 0.15) is 46.0 Å². The smallest absolute Gasteiger partial charge is 0.0113 e. The molecule has 0 N–H and O–H groups in total. The van der Waals surface area contributed by atoms with Gasteiger partial charge in [0.25, 0.3) is 0 Å². The first-order valence-corrected chi connectivity index (χ1v) is 6.83. The third kappa shape index (κ3) is 2.94. The number of hydrogen-bond donors (Lipinski definition) is 0. The third-order valence-corrected chi connectivity index (χ3v) is 4.02. The molecular formula is C13H26N2. The van der Waals surface area contributed by atoms with Crippen molar-refractivity contribution in [2.24, 2.45) is 0 Å². The topological polar surface area (TPSA) is 6.48 Å². The Morgan fingerprint density at radius 2 is 1.73 bits per heavy atom. The summed E-state index contributed by atoms with van der Waals surface area (Å²) in [5.74, 6) is 0. The van der Waals surface area contributed by atoms with E-state index in [1.54, 1.807) is 0 Å². The van der Waals surface area contributed by atoms with Gasteiger partial charge < -0.3 is 0 Å². The van der Waals surface area contributed by atoms with Gasteiger partial charge in [-0.1, -0.05) is 20.3 Å². The van der Waals surface area contributed by atoms with E-state index >= 15 is 0 Å². The van der Waals surface area contributed by atoms with Crippen LogP contribution in [0.2, 0.25) is 0 Å². The second-order valence-electron chi connectivity index (χ2n) is 5.15. The van der Waals surface area contributed by atoms with Crippen LogP contribution in [0.15, 0.2) is 0 Å². The maximum absolute atomic E-state index is 2.72. The van der Waals surface area contributed by atoms with Gasteiger partial charge in [0.2, 0.25) is 0 Å². The first-order valence-electron chi connectivity index (χ1n) is 6.83. The van der Waals surface area contributed by atoms with E-state index in [9.17, 15) is 0 Å². The van der Waals surface area contributed by atoms with Crippen LogP contribution < -0.4 is 0 Å². The average Bonchev–Trinajstić information content (AvgIpc) is 3.10. The molecule has 1 heterocycles. The summed E-state index contributed by atoms with van der Waals surface area (Å²) in [6.07, 6.45) is 6.98. The Morgan fingerprint density at radius 3 is 2.20 bits per heavy atom. The molecule has 1 atom stereocenters. The van der Waals surface area contributed by atoms with E-state index in [-0.39, 0.29) is 0 Å². The van der Waals surface area contributed by atoms with Gasteiger partial charge in [0, 0.05) is 38.3 Å². The van der Waals surface area contributed by atoms with Crippen molar-refractivity contribution in [1.29, 1.82) is 0 Å². The number of nitrogens with zero attached hydrogens (tertiary/aromatic N) is 2. The van der Waals surface area contributed by atoms with Crippen LogP contribution in [0, 0.1) is 0 Å². The lowest BCUT2D eigenvalue weighted by Crippen LogP contribution is -2.50. The maximum atomic E-state index is 2.72. The zero-order valence-corrected chi connectivity index (χ0v) is 10.4. The zero-order chi connectivity index (χ0) is 10.7. The first-order chi connectivity index (χ1) is 7.35. The van der Waals surface area contributed by atoms with Crippen molar-refractivity contribution in [2.75, 3.05) is 26.2 Å². The molecule has 0 bridgehead atoms. The Kier molecular flexibility index (Phi) is 4.04. The van der Waals surface area contributed by atoms with Gasteiger partial charge >= 0.3 is 0 Å². The summed E-state index contributed by atoms with van der Waals surface area (Å²) in [5.41, 5.74) is 0. The molecule has 0 spiro atoms. The van der Waals surface area contributed by atoms with Crippen LogP contribution in [0.4, 0.5) is 0 Å². The highest BCUT2D eigenvalue weighted by atomic mass is 15.3. The molecule has 2 heteroatoms. The molecule has 0 unspecified atom stereocenters. The molecular weight excluding hydrogens is 184 g/mol. The van der Waals surface area contributed by atoms with Crippen molar-refractivity contribution >= 4 is 0 Å². The molecule has 1 aliphatic carbocycles. The van der Waals surface area contributed by atoms with Crippen molar-refractivity contribution in [1.82, 2.24) is 9.80 Å². The predicted molar refractivity (Wildman–Crippen MR) is 65.2 cm³/mol. The fourth-order valence-corrected chi connectivity index (χ4v) is 2.89. The van der Waals surface area contributed by atoms with Gasteiger partial charge in [-0.25, -0.2) is 0 Å². The van der Waals surface area contributed by atoms with E-state index in [0.717, 1.165) is 12.1 Å². The molecule has 1 saturated heterocycles. The molecule has 0 aromatic heterocycles. The van der Waals surface area contributed by atoms with Gasteiger partial charge in [-0.2, -0.15) is 0 Å². The van der Waals surface area contributed by atoms with Crippen LogP contribution in [0.5, 0.6) is 0 Å². The van der Waals surface area contributed by atoms with Crippen LogP contribution in [0.3, 0.4) is 0 Å². The minimum Gasteiger partial charge on any atom is -0.298 e. The molecule has 15 heavy (non-hydrogen) atoms. The van der Waals surface area contributed by atoms with E-state index in [2.05, 4.69) is 23.6 Å². The Balaban J connectivity index is 1.75. The summed E-state index contributed by atoms with van der Waals surface area (Å²) in [6, 6.07) is 1.83. The van der Waals surface area contributed by atoms with E-state index < -0.39 is 0 Å². The first kappa shape index (κ1) is 11.4. The zero-order valence-electron chi connectivity index (χ0n) is 10.4. The van der Waals surface area contributed by atoms with Crippen molar-refractivity contribution < 1.29 is 0 Å². The molecule has 2 aliphatic rings. The maximum Gasteiger partial charge on any atom is 0.0113 e. The highest BCUT2D eigenvalue weighted by Gasteiger charge is 2.32. The molecule has 0 aromatic rings. The van der Waals surface area contributed by atoms with E-state index in [1.165, 1.54) is 58.3 Å². The second kappa shape index (κ2) is 5.31. The van der Waals surface area contributed by atoms with E-state index in [0.29, 0.717) is 0 Å². The Labute approximate surface area is 94.6 Å².